The maximum absolute atomic E-state index is 12.3. The van der Waals surface area contributed by atoms with Crippen LogP contribution >= 0.6 is 0 Å². The first kappa shape index (κ1) is 15.7. The fourth-order valence-electron chi connectivity index (χ4n) is 2.32. The summed E-state index contributed by atoms with van der Waals surface area (Å²) in [6, 6.07) is 14.4. The first-order chi connectivity index (χ1) is 11.7. The van der Waals surface area contributed by atoms with Gasteiger partial charge >= 0.3 is 0 Å². The Morgan fingerprint density at radius 2 is 2.00 bits per heavy atom. The number of aromatic nitrogens is 3. The molecule has 0 fully saturated rings. The zero-order chi connectivity index (χ0) is 16.9. The summed E-state index contributed by atoms with van der Waals surface area (Å²) in [4.78, 5) is 12.3. The number of ether oxygens (including phenoxy) is 1. The predicted octanol–water partition coefficient (Wildman–Crippen LogP) is 2.15. The largest absolute Gasteiger partial charge is 0.496 e. The molecule has 7 heteroatoms. The molecule has 0 spiro atoms. The summed E-state index contributed by atoms with van der Waals surface area (Å²) < 4.78 is 6.80. The SMILES string of the molecule is COc1ccccc1/C=N/NC(=O)C(C)n1nnc2ccccc21. The Labute approximate surface area is 138 Å². The highest BCUT2D eigenvalue weighted by molar-refractivity contribution is 5.86. The van der Waals surface area contributed by atoms with E-state index in [9.17, 15) is 4.79 Å². The molecule has 1 heterocycles. The zero-order valence-electron chi connectivity index (χ0n) is 13.4. The average molecular weight is 323 g/mol. The quantitative estimate of drug-likeness (QED) is 0.576. The molecule has 2 aromatic carbocycles. The van der Waals surface area contributed by atoms with Crippen LogP contribution in [0.4, 0.5) is 0 Å². The van der Waals surface area contributed by atoms with Crippen molar-refractivity contribution in [1.82, 2.24) is 20.4 Å². The molecule has 0 bridgehead atoms. The highest BCUT2D eigenvalue weighted by Crippen LogP contribution is 2.16. The lowest BCUT2D eigenvalue weighted by Gasteiger charge is -2.10. The summed E-state index contributed by atoms with van der Waals surface area (Å²) in [5.74, 6) is 0.405. The molecule has 0 aliphatic rings. The summed E-state index contributed by atoms with van der Waals surface area (Å²) in [6.45, 7) is 1.75. The molecule has 3 rings (SSSR count). The van der Waals surface area contributed by atoms with Crippen LogP contribution in [-0.4, -0.2) is 34.2 Å². The van der Waals surface area contributed by atoms with Gasteiger partial charge in [0.05, 0.1) is 18.8 Å². The molecule has 3 aromatic rings. The highest BCUT2D eigenvalue weighted by Gasteiger charge is 2.18. The number of benzene rings is 2. The number of rotatable bonds is 5. The van der Waals surface area contributed by atoms with Crippen LogP contribution in [-0.2, 0) is 4.79 Å². The van der Waals surface area contributed by atoms with E-state index in [1.807, 2.05) is 48.5 Å². The monoisotopic (exact) mass is 323 g/mol. The van der Waals surface area contributed by atoms with Crippen LogP contribution < -0.4 is 10.2 Å². The van der Waals surface area contributed by atoms with Gasteiger partial charge in [-0.05, 0) is 31.2 Å². The highest BCUT2D eigenvalue weighted by atomic mass is 16.5. The summed E-state index contributed by atoms with van der Waals surface area (Å²) in [6.07, 6.45) is 1.54. The number of nitrogens with zero attached hydrogens (tertiary/aromatic N) is 4. The Morgan fingerprint density at radius 1 is 1.25 bits per heavy atom. The normalized spacial score (nSPS) is 12.4. The molecule has 0 radical (unpaired) electrons. The lowest BCUT2D eigenvalue weighted by molar-refractivity contribution is -0.124. The topological polar surface area (TPSA) is 81.4 Å². The number of hydrogen-bond acceptors (Lipinski definition) is 5. The summed E-state index contributed by atoms with van der Waals surface area (Å²) >= 11 is 0. The van der Waals surface area contributed by atoms with Crippen molar-refractivity contribution in [3.05, 3.63) is 54.1 Å². The van der Waals surface area contributed by atoms with Gasteiger partial charge in [-0.1, -0.05) is 29.5 Å². The van der Waals surface area contributed by atoms with Crippen molar-refractivity contribution < 1.29 is 9.53 Å². The number of nitrogens with one attached hydrogen (secondary N) is 1. The molecule has 0 aliphatic heterocycles. The van der Waals surface area contributed by atoms with Gasteiger partial charge in [0.2, 0.25) is 0 Å². The van der Waals surface area contributed by atoms with E-state index in [0.717, 1.165) is 16.6 Å². The third-order valence-electron chi connectivity index (χ3n) is 3.64. The van der Waals surface area contributed by atoms with Crippen molar-refractivity contribution >= 4 is 23.2 Å². The van der Waals surface area contributed by atoms with Crippen LogP contribution in [0.3, 0.4) is 0 Å². The van der Waals surface area contributed by atoms with Crippen molar-refractivity contribution in [2.24, 2.45) is 5.10 Å². The van der Waals surface area contributed by atoms with Gasteiger partial charge in [0.15, 0.2) is 0 Å². The molecule has 0 saturated carbocycles. The second-order valence-corrected chi connectivity index (χ2v) is 5.17. The van der Waals surface area contributed by atoms with Gasteiger partial charge in [-0.25, -0.2) is 10.1 Å². The Balaban J connectivity index is 1.72. The van der Waals surface area contributed by atoms with E-state index in [0.29, 0.717) is 5.75 Å². The maximum atomic E-state index is 12.3. The maximum Gasteiger partial charge on any atom is 0.264 e. The standard InChI is InChI=1S/C17H17N5O2/c1-12(22-15-9-5-4-8-14(15)19-21-22)17(23)20-18-11-13-7-3-6-10-16(13)24-2/h3-12H,1-2H3,(H,20,23)/b18-11+. The average Bonchev–Trinajstić information content (AvgIpc) is 3.05. The van der Waals surface area contributed by atoms with Gasteiger partial charge in [0.25, 0.3) is 5.91 Å². The molecular weight excluding hydrogens is 306 g/mol. The van der Waals surface area contributed by atoms with Gasteiger partial charge in [-0.2, -0.15) is 5.10 Å². The van der Waals surface area contributed by atoms with Gasteiger partial charge in [-0.15, -0.1) is 5.10 Å². The van der Waals surface area contributed by atoms with Crippen molar-refractivity contribution in [2.45, 2.75) is 13.0 Å². The van der Waals surface area contributed by atoms with Crippen LogP contribution in [0, 0.1) is 0 Å². The molecule has 122 valence electrons. The van der Waals surface area contributed by atoms with Gasteiger partial charge < -0.3 is 4.74 Å². The molecule has 1 atom stereocenters. The minimum Gasteiger partial charge on any atom is -0.496 e. The zero-order valence-corrected chi connectivity index (χ0v) is 13.4. The molecular formula is C17H17N5O2. The summed E-state index contributed by atoms with van der Waals surface area (Å²) in [5.41, 5.74) is 4.84. The Hall–Kier alpha value is -3.22. The first-order valence-electron chi connectivity index (χ1n) is 7.46. The second-order valence-electron chi connectivity index (χ2n) is 5.17. The molecule has 7 nitrogen and oxygen atoms in total. The van der Waals surface area contributed by atoms with E-state index in [1.54, 1.807) is 24.9 Å². The fourth-order valence-corrected chi connectivity index (χ4v) is 2.32. The third-order valence-corrected chi connectivity index (χ3v) is 3.64. The van der Waals surface area contributed by atoms with Gasteiger partial charge in [0, 0.05) is 5.56 Å². The summed E-state index contributed by atoms with van der Waals surface area (Å²) in [5, 5.41) is 12.1. The van der Waals surface area contributed by atoms with E-state index < -0.39 is 6.04 Å². The second kappa shape index (κ2) is 6.91. The summed E-state index contributed by atoms with van der Waals surface area (Å²) in [7, 11) is 1.59. The molecule has 1 N–H and O–H groups in total. The van der Waals surface area contributed by atoms with E-state index in [-0.39, 0.29) is 5.91 Å². The molecule has 0 aliphatic carbocycles. The number of fused-ring (bicyclic) bond motifs is 1. The van der Waals surface area contributed by atoms with Crippen LogP contribution in [0.2, 0.25) is 0 Å². The number of para-hydroxylation sites is 2. The van der Waals surface area contributed by atoms with Crippen molar-refractivity contribution in [2.75, 3.05) is 7.11 Å². The number of carbonyl (C=O) groups is 1. The number of amides is 1. The van der Waals surface area contributed by atoms with Crippen molar-refractivity contribution in [3.63, 3.8) is 0 Å². The Kier molecular flexibility index (Phi) is 4.51. The van der Waals surface area contributed by atoms with Gasteiger partial charge in [0.1, 0.15) is 17.3 Å². The molecule has 1 amide bonds. The van der Waals surface area contributed by atoms with Crippen molar-refractivity contribution in [1.29, 1.82) is 0 Å². The van der Waals surface area contributed by atoms with E-state index in [1.165, 1.54) is 0 Å². The Bertz CT molecular complexity index is 887. The molecule has 24 heavy (non-hydrogen) atoms. The van der Waals surface area contributed by atoms with E-state index >= 15 is 0 Å². The Morgan fingerprint density at radius 3 is 2.83 bits per heavy atom. The number of carbonyl (C=O) groups excluding carboxylic acids is 1. The number of methoxy groups -OCH3 is 1. The van der Waals surface area contributed by atoms with Crippen LogP contribution in [0.1, 0.15) is 18.5 Å². The van der Waals surface area contributed by atoms with E-state index in [4.69, 9.17) is 4.74 Å². The minimum atomic E-state index is -0.535. The predicted molar refractivity (Wildman–Crippen MR) is 91.0 cm³/mol. The van der Waals surface area contributed by atoms with Crippen LogP contribution in [0.15, 0.2) is 53.6 Å². The third kappa shape index (κ3) is 3.10. The smallest absolute Gasteiger partial charge is 0.264 e. The van der Waals surface area contributed by atoms with Gasteiger partial charge in [-0.3, -0.25) is 4.79 Å². The first-order valence-corrected chi connectivity index (χ1v) is 7.46. The molecule has 1 aromatic heterocycles. The van der Waals surface area contributed by atoms with E-state index in [2.05, 4.69) is 20.8 Å². The molecule has 1 unspecified atom stereocenters. The number of hydrazone groups is 1. The fraction of sp³-hybridized carbons (Fsp3) is 0.176. The van der Waals surface area contributed by atoms with Crippen LogP contribution in [0.25, 0.3) is 11.0 Å². The minimum absolute atomic E-state index is 0.281. The lowest BCUT2D eigenvalue weighted by atomic mass is 10.2. The van der Waals surface area contributed by atoms with Crippen LogP contribution in [0.5, 0.6) is 5.75 Å². The van der Waals surface area contributed by atoms with Crippen molar-refractivity contribution in [3.8, 4) is 5.75 Å². The lowest BCUT2D eigenvalue weighted by Crippen LogP contribution is -2.28. The number of hydrogen-bond donors (Lipinski definition) is 1. The molecule has 0 saturated heterocycles.